The van der Waals surface area contributed by atoms with Crippen molar-refractivity contribution in [3.8, 4) is 11.5 Å². The predicted molar refractivity (Wildman–Crippen MR) is 132 cm³/mol. The fraction of sp³-hybridized carbons (Fsp3) is 0.120. The van der Waals surface area contributed by atoms with E-state index in [0.717, 1.165) is 22.9 Å². The molecule has 0 aliphatic carbocycles. The Hall–Kier alpha value is -2.93. The maximum atomic E-state index is 12.9. The third-order valence-corrected chi connectivity index (χ3v) is 6.57. The van der Waals surface area contributed by atoms with E-state index in [9.17, 15) is 9.59 Å². The number of benzene rings is 3. The molecule has 0 unspecified atom stereocenters. The highest BCUT2D eigenvalue weighted by atomic mass is 35.5. The number of imide groups is 1. The number of ether oxygens (including phenoxy) is 2. The van der Waals surface area contributed by atoms with Gasteiger partial charge in [0, 0.05) is 0 Å². The second kappa shape index (κ2) is 10.3. The molecule has 0 atom stereocenters. The molecule has 1 saturated heterocycles. The highest BCUT2D eigenvalue weighted by Gasteiger charge is 2.35. The molecule has 1 aliphatic rings. The van der Waals surface area contributed by atoms with E-state index < -0.39 is 0 Å². The Kier molecular flexibility index (Phi) is 7.28. The smallest absolute Gasteiger partial charge is 0.293 e. The quantitative estimate of drug-likeness (QED) is 0.334. The summed E-state index contributed by atoms with van der Waals surface area (Å²) in [4.78, 5) is 26.9. The highest BCUT2D eigenvalue weighted by Crippen LogP contribution is 2.36. The molecule has 2 amide bonds. The van der Waals surface area contributed by atoms with Gasteiger partial charge in [-0.15, -0.1) is 0 Å². The molecule has 3 aromatic carbocycles. The zero-order valence-electron chi connectivity index (χ0n) is 17.6. The first-order valence-corrected chi connectivity index (χ1v) is 11.6. The summed E-state index contributed by atoms with van der Waals surface area (Å²) in [5.41, 5.74) is 2.46. The second-order valence-corrected chi connectivity index (χ2v) is 9.01. The van der Waals surface area contributed by atoms with Gasteiger partial charge in [0.1, 0.15) is 6.61 Å². The molecule has 0 radical (unpaired) electrons. The van der Waals surface area contributed by atoms with E-state index in [1.165, 1.54) is 4.90 Å². The predicted octanol–water partition coefficient (Wildman–Crippen LogP) is 6.82. The Labute approximate surface area is 205 Å². The number of amides is 2. The van der Waals surface area contributed by atoms with Crippen LogP contribution in [0.2, 0.25) is 10.0 Å². The number of halogens is 2. The molecule has 0 saturated carbocycles. The lowest BCUT2D eigenvalue weighted by molar-refractivity contribution is -0.123. The van der Waals surface area contributed by atoms with Crippen LogP contribution >= 0.6 is 35.0 Å². The number of carbonyl (C=O) groups is 2. The van der Waals surface area contributed by atoms with E-state index in [0.29, 0.717) is 38.6 Å². The molecule has 3 aromatic rings. The Balaban J connectivity index is 1.52. The molecule has 0 aromatic heterocycles. The van der Waals surface area contributed by atoms with Crippen molar-refractivity contribution < 1.29 is 19.1 Å². The Bertz CT molecular complexity index is 1230. The van der Waals surface area contributed by atoms with Crippen LogP contribution in [0.25, 0.3) is 6.08 Å². The average Bonchev–Trinajstić information content (AvgIpc) is 3.08. The number of methoxy groups -OCH3 is 1. The number of carbonyl (C=O) groups excluding carboxylic acids is 2. The van der Waals surface area contributed by atoms with Gasteiger partial charge in [-0.1, -0.05) is 65.7 Å². The van der Waals surface area contributed by atoms with Gasteiger partial charge in [0.15, 0.2) is 11.5 Å². The van der Waals surface area contributed by atoms with E-state index >= 15 is 0 Å². The Morgan fingerprint density at radius 3 is 2.42 bits per heavy atom. The first-order chi connectivity index (χ1) is 15.9. The molecule has 33 heavy (non-hydrogen) atoms. The van der Waals surface area contributed by atoms with Crippen molar-refractivity contribution in [2.75, 3.05) is 7.11 Å². The fourth-order valence-electron chi connectivity index (χ4n) is 3.24. The van der Waals surface area contributed by atoms with Gasteiger partial charge in [0.05, 0.1) is 28.6 Å². The first-order valence-electron chi connectivity index (χ1n) is 9.98. The summed E-state index contributed by atoms with van der Waals surface area (Å²) in [6, 6.07) is 20.2. The molecule has 168 valence electrons. The molecular formula is C25H19Cl2NO4S. The van der Waals surface area contributed by atoms with Gasteiger partial charge in [-0.05, 0) is 58.8 Å². The van der Waals surface area contributed by atoms with Gasteiger partial charge in [0.2, 0.25) is 0 Å². The van der Waals surface area contributed by atoms with Crippen LogP contribution in [0.1, 0.15) is 16.7 Å². The van der Waals surface area contributed by atoms with Crippen molar-refractivity contribution in [1.29, 1.82) is 0 Å². The van der Waals surface area contributed by atoms with E-state index in [1.807, 2.05) is 30.3 Å². The van der Waals surface area contributed by atoms with Gasteiger partial charge < -0.3 is 9.47 Å². The first kappa shape index (κ1) is 23.2. The van der Waals surface area contributed by atoms with Gasteiger partial charge in [0.25, 0.3) is 11.1 Å². The fourth-order valence-corrected chi connectivity index (χ4v) is 4.40. The lowest BCUT2D eigenvalue weighted by Gasteiger charge is -2.13. The summed E-state index contributed by atoms with van der Waals surface area (Å²) < 4.78 is 11.3. The molecule has 0 bridgehead atoms. The molecular weight excluding hydrogens is 481 g/mol. The molecule has 0 spiro atoms. The van der Waals surface area contributed by atoms with Crippen LogP contribution in [0.15, 0.2) is 71.6 Å². The van der Waals surface area contributed by atoms with Crippen molar-refractivity contribution in [3.05, 3.63) is 98.4 Å². The van der Waals surface area contributed by atoms with E-state index in [1.54, 1.807) is 49.6 Å². The molecule has 8 heteroatoms. The normalized spacial score (nSPS) is 14.8. The third-order valence-electron chi connectivity index (χ3n) is 4.92. The van der Waals surface area contributed by atoms with Gasteiger partial charge in [-0.25, -0.2) is 0 Å². The monoisotopic (exact) mass is 499 g/mol. The minimum Gasteiger partial charge on any atom is -0.493 e. The largest absolute Gasteiger partial charge is 0.493 e. The molecule has 1 fully saturated rings. The van der Waals surface area contributed by atoms with E-state index in [-0.39, 0.29) is 17.7 Å². The maximum Gasteiger partial charge on any atom is 0.293 e. The van der Waals surface area contributed by atoms with Crippen molar-refractivity contribution in [1.82, 2.24) is 4.90 Å². The number of nitrogens with zero attached hydrogens (tertiary/aromatic N) is 1. The number of thioether (sulfide) groups is 1. The average molecular weight is 500 g/mol. The lowest BCUT2D eigenvalue weighted by atomic mass is 10.1. The Morgan fingerprint density at radius 2 is 1.70 bits per heavy atom. The maximum absolute atomic E-state index is 12.9. The van der Waals surface area contributed by atoms with Crippen LogP contribution in [0, 0.1) is 0 Å². The van der Waals surface area contributed by atoms with E-state index in [2.05, 4.69) is 0 Å². The summed E-state index contributed by atoms with van der Waals surface area (Å²) >= 11 is 12.9. The molecule has 0 N–H and O–H groups in total. The molecule has 1 aliphatic heterocycles. The summed E-state index contributed by atoms with van der Waals surface area (Å²) in [5.74, 6) is 0.764. The molecule has 4 rings (SSSR count). The van der Waals surface area contributed by atoms with Gasteiger partial charge in [-0.3, -0.25) is 14.5 Å². The van der Waals surface area contributed by atoms with Crippen LogP contribution in [0.4, 0.5) is 4.79 Å². The van der Waals surface area contributed by atoms with Gasteiger partial charge in [-0.2, -0.15) is 0 Å². The molecule has 5 nitrogen and oxygen atoms in total. The van der Waals surface area contributed by atoms with Crippen molar-refractivity contribution >= 4 is 52.2 Å². The third kappa shape index (κ3) is 5.53. The SMILES string of the molecule is COc1ccc(/C=C2\SC(=O)N(Cc3ccc(Cl)c(Cl)c3)C2=O)cc1OCc1ccccc1. The second-order valence-electron chi connectivity index (χ2n) is 7.20. The van der Waals surface area contributed by atoms with E-state index in [4.69, 9.17) is 32.7 Å². The van der Waals surface area contributed by atoms with Crippen molar-refractivity contribution in [2.24, 2.45) is 0 Å². The zero-order chi connectivity index (χ0) is 23.4. The standard InChI is InChI=1S/C25H19Cl2NO4S/c1-31-21-10-8-17(12-22(21)32-15-16-5-3-2-4-6-16)13-23-24(29)28(25(30)33-23)14-18-7-9-19(26)20(27)11-18/h2-13H,14-15H2,1H3/b23-13-. The highest BCUT2D eigenvalue weighted by molar-refractivity contribution is 8.18. The van der Waals surface area contributed by atoms with Crippen LogP contribution < -0.4 is 9.47 Å². The van der Waals surface area contributed by atoms with Gasteiger partial charge >= 0.3 is 0 Å². The van der Waals surface area contributed by atoms with Crippen LogP contribution in [0.5, 0.6) is 11.5 Å². The topological polar surface area (TPSA) is 55.8 Å². The lowest BCUT2D eigenvalue weighted by Crippen LogP contribution is -2.27. The number of hydrogen-bond donors (Lipinski definition) is 0. The minimum absolute atomic E-state index is 0.118. The summed E-state index contributed by atoms with van der Waals surface area (Å²) in [6.07, 6.45) is 1.68. The summed E-state index contributed by atoms with van der Waals surface area (Å²) in [7, 11) is 1.57. The summed E-state index contributed by atoms with van der Waals surface area (Å²) in [5, 5.41) is 0.448. The van der Waals surface area contributed by atoms with Crippen LogP contribution in [-0.4, -0.2) is 23.2 Å². The van der Waals surface area contributed by atoms with Crippen LogP contribution in [0.3, 0.4) is 0 Å². The Morgan fingerprint density at radius 1 is 0.909 bits per heavy atom. The number of hydrogen-bond acceptors (Lipinski definition) is 5. The summed E-state index contributed by atoms with van der Waals surface area (Å²) in [6.45, 7) is 0.494. The minimum atomic E-state index is -0.362. The van der Waals surface area contributed by atoms with Crippen molar-refractivity contribution in [2.45, 2.75) is 13.2 Å². The number of rotatable bonds is 7. The zero-order valence-corrected chi connectivity index (χ0v) is 19.9. The van der Waals surface area contributed by atoms with Crippen molar-refractivity contribution in [3.63, 3.8) is 0 Å². The molecule has 1 heterocycles. The van der Waals surface area contributed by atoms with Crippen LogP contribution in [-0.2, 0) is 17.9 Å².